The number of hydrogen-bond acceptors (Lipinski definition) is 6. The van der Waals surface area contributed by atoms with E-state index in [0.29, 0.717) is 29.1 Å². The van der Waals surface area contributed by atoms with E-state index in [2.05, 4.69) is 15.2 Å². The second kappa shape index (κ2) is 9.16. The van der Waals surface area contributed by atoms with E-state index in [0.717, 1.165) is 11.3 Å². The summed E-state index contributed by atoms with van der Waals surface area (Å²) < 4.78 is 7.66. The fourth-order valence-corrected chi connectivity index (χ4v) is 4.45. The third-order valence-electron chi connectivity index (χ3n) is 4.75. The molecule has 3 heterocycles. The molecule has 2 aromatic heterocycles. The number of hydrogen-bond donors (Lipinski definition) is 0. The molecule has 156 valence electrons. The average molecular weight is 444 g/mol. The van der Waals surface area contributed by atoms with Crippen LogP contribution in [0.2, 0.25) is 5.02 Å². The van der Waals surface area contributed by atoms with Crippen molar-refractivity contribution >= 4 is 29.3 Å². The molecule has 0 aliphatic carbocycles. The van der Waals surface area contributed by atoms with Gasteiger partial charge < -0.3 is 9.64 Å². The number of morpholine rings is 1. The zero-order chi connectivity index (χ0) is 21.1. The molecule has 0 N–H and O–H groups in total. The van der Waals surface area contributed by atoms with Crippen LogP contribution in [-0.4, -0.2) is 61.6 Å². The molecule has 2 atom stereocenters. The van der Waals surface area contributed by atoms with E-state index >= 15 is 0 Å². The van der Waals surface area contributed by atoms with Crippen LogP contribution in [0.5, 0.6) is 0 Å². The summed E-state index contributed by atoms with van der Waals surface area (Å²) in [5.41, 5.74) is 1.77. The van der Waals surface area contributed by atoms with Crippen LogP contribution in [0.3, 0.4) is 0 Å². The Hall–Kier alpha value is -2.42. The second-order valence-corrected chi connectivity index (χ2v) is 8.58. The number of nitrogens with zero attached hydrogens (tertiary/aromatic N) is 5. The van der Waals surface area contributed by atoms with Crippen molar-refractivity contribution in [3.05, 3.63) is 53.8 Å². The molecule has 9 heteroatoms. The van der Waals surface area contributed by atoms with Crippen molar-refractivity contribution in [1.29, 1.82) is 0 Å². The Balaban J connectivity index is 1.59. The molecule has 1 aliphatic rings. The Morgan fingerprint density at radius 2 is 1.77 bits per heavy atom. The maximum Gasteiger partial charge on any atom is 0.233 e. The van der Waals surface area contributed by atoms with Crippen molar-refractivity contribution < 1.29 is 9.53 Å². The lowest BCUT2D eigenvalue weighted by Gasteiger charge is -2.35. The van der Waals surface area contributed by atoms with Crippen molar-refractivity contribution in [2.24, 2.45) is 0 Å². The van der Waals surface area contributed by atoms with Crippen molar-refractivity contribution in [2.45, 2.75) is 31.2 Å². The van der Waals surface area contributed by atoms with Crippen molar-refractivity contribution in [1.82, 2.24) is 24.6 Å². The normalized spacial score (nSPS) is 19.1. The summed E-state index contributed by atoms with van der Waals surface area (Å²) in [7, 11) is 0. The lowest BCUT2D eigenvalue weighted by molar-refractivity contribution is -0.140. The van der Waals surface area contributed by atoms with Crippen molar-refractivity contribution in [3.8, 4) is 17.1 Å². The van der Waals surface area contributed by atoms with Crippen LogP contribution in [0, 0.1) is 0 Å². The lowest BCUT2D eigenvalue weighted by atomic mass is 10.2. The molecule has 1 fully saturated rings. The summed E-state index contributed by atoms with van der Waals surface area (Å²) in [5.74, 6) is 1.03. The van der Waals surface area contributed by atoms with Gasteiger partial charge in [0.15, 0.2) is 11.0 Å². The molecule has 0 unspecified atom stereocenters. The number of halogens is 1. The van der Waals surface area contributed by atoms with Gasteiger partial charge in [0.1, 0.15) is 0 Å². The van der Waals surface area contributed by atoms with Gasteiger partial charge >= 0.3 is 0 Å². The van der Waals surface area contributed by atoms with E-state index < -0.39 is 0 Å². The third kappa shape index (κ3) is 4.66. The molecule has 7 nitrogen and oxygen atoms in total. The van der Waals surface area contributed by atoms with Gasteiger partial charge in [-0.3, -0.25) is 14.3 Å². The number of benzene rings is 1. The minimum atomic E-state index is 0.0405. The van der Waals surface area contributed by atoms with E-state index in [1.165, 1.54) is 11.8 Å². The van der Waals surface area contributed by atoms with Gasteiger partial charge in [0.2, 0.25) is 5.91 Å². The van der Waals surface area contributed by atoms with Gasteiger partial charge in [0, 0.05) is 41.8 Å². The molecule has 1 amide bonds. The van der Waals surface area contributed by atoms with Crippen molar-refractivity contribution in [2.75, 3.05) is 18.8 Å². The second-order valence-electron chi connectivity index (χ2n) is 7.20. The Labute approximate surface area is 184 Å². The number of ether oxygens (including phenoxy) is 1. The summed E-state index contributed by atoms with van der Waals surface area (Å²) in [5, 5.41) is 10.0. The number of carbonyl (C=O) groups excluding carboxylic acids is 1. The SMILES string of the molecule is C[C@@H]1CN(C(=O)CSc2nnc(-c3ccncc3)n2-c2ccc(Cl)cc2)C[C@H](C)O1. The predicted octanol–water partition coefficient (Wildman–Crippen LogP) is 3.71. The van der Waals surface area contributed by atoms with Gasteiger partial charge in [-0.25, -0.2) is 0 Å². The Bertz CT molecular complexity index is 1000. The molecule has 0 saturated carbocycles. The maximum absolute atomic E-state index is 12.8. The molecule has 1 aliphatic heterocycles. The van der Waals surface area contributed by atoms with Crippen LogP contribution in [0.15, 0.2) is 53.9 Å². The zero-order valence-corrected chi connectivity index (χ0v) is 18.3. The molecule has 1 aromatic carbocycles. The highest BCUT2D eigenvalue weighted by molar-refractivity contribution is 7.99. The maximum atomic E-state index is 12.8. The van der Waals surface area contributed by atoms with Crippen LogP contribution in [0.1, 0.15) is 13.8 Å². The van der Waals surface area contributed by atoms with Gasteiger partial charge in [-0.1, -0.05) is 23.4 Å². The fraction of sp³-hybridized carbons (Fsp3) is 0.333. The largest absolute Gasteiger partial charge is 0.372 e. The van der Waals surface area contributed by atoms with Crippen LogP contribution in [0.4, 0.5) is 0 Å². The summed E-state index contributed by atoms with van der Waals surface area (Å²) in [4.78, 5) is 18.7. The average Bonchev–Trinajstić information content (AvgIpc) is 3.16. The fourth-order valence-electron chi connectivity index (χ4n) is 3.47. The first-order valence-corrected chi connectivity index (χ1v) is 11.1. The quantitative estimate of drug-likeness (QED) is 0.560. The zero-order valence-electron chi connectivity index (χ0n) is 16.7. The number of carbonyl (C=O) groups is 1. The minimum absolute atomic E-state index is 0.0405. The molecular formula is C21H22ClN5O2S. The lowest BCUT2D eigenvalue weighted by Crippen LogP contribution is -2.48. The third-order valence-corrected chi connectivity index (χ3v) is 5.92. The topological polar surface area (TPSA) is 73.1 Å². The highest BCUT2D eigenvalue weighted by Crippen LogP contribution is 2.28. The molecule has 0 radical (unpaired) electrons. The highest BCUT2D eigenvalue weighted by atomic mass is 35.5. The molecule has 30 heavy (non-hydrogen) atoms. The molecule has 1 saturated heterocycles. The van der Waals surface area contributed by atoms with Crippen molar-refractivity contribution in [3.63, 3.8) is 0 Å². The summed E-state index contributed by atoms with van der Waals surface area (Å²) in [6.07, 6.45) is 3.51. The number of rotatable bonds is 5. The first-order chi connectivity index (χ1) is 14.5. The van der Waals surface area contributed by atoms with E-state index in [9.17, 15) is 4.79 Å². The number of amides is 1. The first-order valence-electron chi connectivity index (χ1n) is 9.69. The van der Waals surface area contributed by atoms with E-state index in [1.807, 2.05) is 59.7 Å². The first kappa shape index (κ1) is 20.8. The van der Waals surface area contributed by atoms with Crippen LogP contribution < -0.4 is 0 Å². The number of thioether (sulfide) groups is 1. The van der Waals surface area contributed by atoms with E-state index in [4.69, 9.17) is 16.3 Å². The van der Waals surface area contributed by atoms with E-state index in [-0.39, 0.29) is 23.9 Å². The molecule has 4 rings (SSSR count). The minimum Gasteiger partial charge on any atom is -0.372 e. The molecule has 0 spiro atoms. The van der Waals surface area contributed by atoms with Gasteiger partial charge in [-0.2, -0.15) is 0 Å². The molecular weight excluding hydrogens is 422 g/mol. The molecule has 0 bridgehead atoms. The standard InChI is InChI=1S/C21H22ClN5O2S/c1-14-11-26(12-15(2)29-14)19(28)13-30-21-25-24-20(16-7-9-23-10-8-16)27(21)18-5-3-17(22)4-6-18/h3-10,14-15H,11-13H2,1-2H3/t14-,15+. The Morgan fingerprint density at radius 3 is 2.43 bits per heavy atom. The summed E-state index contributed by atoms with van der Waals surface area (Å²) in [6.45, 7) is 5.19. The van der Waals surface area contributed by atoms with Crippen LogP contribution in [0.25, 0.3) is 17.1 Å². The van der Waals surface area contributed by atoms with Crippen LogP contribution in [-0.2, 0) is 9.53 Å². The number of pyridine rings is 1. The Morgan fingerprint density at radius 1 is 1.10 bits per heavy atom. The Kier molecular flexibility index (Phi) is 6.36. The smallest absolute Gasteiger partial charge is 0.233 e. The van der Waals surface area contributed by atoms with Gasteiger partial charge in [0.05, 0.1) is 18.0 Å². The summed E-state index contributed by atoms with van der Waals surface area (Å²) in [6, 6.07) is 11.2. The predicted molar refractivity (Wildman–Crippen MR) is 117 cm³/mol. The van der Waals surface area contributed by atoms with Gasteiger partial charge in [-0.15, -0.1) is 10.2 Å². The van der Waals surface area contributed by atoms with Gasteiger partial charge in [0.25, 0.3) is 0 Å². The number of aromatic nitrogens is 4. The van der Waals surface area contributed by atoms with E-state index in [1.54, 1.807) is 12.4 Å². The highest BCUT2D eigenvalue weighted by Gasteiger charge is 2.26. The van der Waals surface area contributed by atoms with Gasteiger partial charge in [-0.05, 0) is 50.2 Å². The van der Waals surface area contributed by atoms with Crippen LogP contribution >= 0.6 is 23.4 Å². The summed E-state index contributed by atoms with van der Waals surface area (Å²) >= 11 is 7.44. The monoisotopic (exact) mass is 443 g/mol. The molecule has 3 aromatic rings.